The van der Waals surface area contributed by atoms with Gasteiger partial charge in [0, 0.05) is 6.42 Å². The summed E-state index contributed by atoms with van der Waals surface area (Å²) in [7, 11) is 0. The molecule has 0 aliphatic rings. The highest BCUT2D eigenvalue weighted by Crippen LogP contribution is 2.19. The lowest BCUT2D eigenvalue weighted by Crippen LogP contribution is -2.15. The summed E-state index contributed by atoms with van der Waals surface area (Å²) in [5.74, 6) is -0.633. The van der Waals surface area contributed by atoms with E-state index in [0.717, 1.165) is 5.82 Å². The molecule has 6 nitrogen and oxygen atoms in total. The quantitative estimate of drug-likeness (QED) is 0.843. The number of esters is 1. The average Bonchev–Trinajstić information content (AvgIpc) is 2.76. The number of nitrogens with zero attached hydrogens (tertiary/aromatic N) is 2. The molecule has 1 N–H and O–H groups in total. The Balaban J connectivity index is 2.50. The van der Waals surface area contributed by atoms with Gasteiger partial charge in [0.25, 0.3) is 0 Å². The molecule has 2 aromatic rings. The summed E-state index contributed by atoms with van der Waals surface area (Å²) in [6.45, 7) is 4.03. The molecule has 1 heterocycles. The van der Waals surface area contributed by atoms with Gasteiger partial charge in [-0.15, -0.1) is 0 Å². The predicted octanol–water partition coefficient (Wildman–Crippen LogP) is 1.86. The number of aryl methyl sites for hydroxylation is 1. The number of carbonyl (C=O) groups excluding carboxylic acids is 1. The molecule has 0 aliphatic heterocycles. The molecule has 2 rings (SSSR count). The second-order valence-electron chi connectivity index (χ2n) is 4.28. The number of ether oxygens (including phenoxy) is 1. The van der Waals surface area contributed by atoms with Crippen LogP contribution in [0.3, 0.4) is 0 Å². The maximum Gasteiger partial charge on any atom is 0.335 e. The zero-order chi connectivity index (χ0) is 14.7. The third-order valence-corrected chi connectivity index (χ3v) is 2.98. The Kier molecular flexibility index (Phi) is 4.02. The van der Waals surface area contributed by atoms with Crippen molar-refractivity contribution in [2.24, 2.45) is 0 Å². The number of hydrogen-bond donors (Lipinski definition) is 1. The molecule has 106 valence electrons. The van der Waals surface area contributed by atoms with E-state index >= 15 is 0 Å². The van der Waals surface area contributed by atoms with Crippen LogP contribution in [0.1, 0.15) is 30.0 Å². The van der Waals surface area contributed by atoms with Gasteiger partial charge >= 0.3 is 11.9 Å². The summed E-state index contributed by atoms with van der Waals surface area (Å²) >= 11 is 0. The van der Waals surface area contributed by atoms with Gasteiger partial charge in [-0.2, -0.15) is 0 Å². The van der Waals surface area contributed by atoms with E-state index in [9.17, 15) is 9.59 Å². The van der Waals surface area contributed by atoms with Gasteiger partial charge in [-0.1, -0.05) is 6.92 Å². The van der Waals surface area contributed by atoms with Crippen molar-refractivity contribution in [1.29, 1.82) is 0 Å². The van der Waals surface area contributed by atoms with Crippen LogP contribution < -0.4 is 0 Å². The maximum atomic E-state index is 11.7. The Labute approximate surface area is 116 Å². The van der Waals surface area contributed by atoms with Crippen LogP contribution in [0.25, 0.3) is 11.0 Å². The molecule has 6 heteroatoms. The first-order valence-corrected chi connectivity index (χ1v) is 6.44. The van der Waals surface area contributed by atoms with Gasteiger partial charge in [0.15, 0.2) is 0 Å². The average molecular weight is 276 g/mol. The van der Waals surface area contributed by atoms with Crippen LogP contribution in [0.5, 0.6) is 0 Å². The van der Waals surface area contributed by atoms with E-state index in [4.69, 9.17) is 9.84 Å². The summed E-state index contributed by atoms with van der Waals surface area (Å²) in [4.78, 5) is 27.1. The summed E-state index contributed by atoms with van der Waals surface area (Å²) in [5, 5.41) is 9.04. The van der Waals surface area contributed by atoms with Crippen molar-refractivity contribution in [3.8, 4) is 0 Å². The van der Waals surface area contributed by atoms with Crippen molar-refractivity contribution in [3.05, 3.63) is 29.6 Å². The summed E-state index contributed by atoms with van der Waals surface area (Å²) in [6, 6.07) is 4.69. The fraction of sp³-hybridized carbons (Fsp3) is 0.357. The van der Waals surface area contributed by atoms with Crippen molar-refractivity contribution in [3.63, 3.8) is 0 Å². The molecule has 0 aliphatic carbocycles. The second kappa shape index (κ2) is 5.73. The summed E-state index contributed by atoms with van der Waals surface area (Å²) in [6.07, 6.45) is 0.649. The minimum absolute atomic E-state index is 0.0383. The van der Waals surface area contributed by atoms with Gasteiger partial charge in [-0.3, -0.25) is 4.79 Å². The number of imidazole rings is 1. The van der Waals surface area contributed by atoms with E-state index in [-0.39, 0.29) is 18.1 Å². The Morgan fingerprint density at radius 1 is 1.35 bits per heavy atom. The molecule has 1 aromatic heterocycles. The fourth-order valence-corrected chi connectivity index (χ4v) is 2.09. The first kappa shape index (κ1) is 14.0. The van der Waals surface area contributed by atoms with Crippen molar-refractivity contribution in [2.75, 3.05) is 6.61 Å². The smallest absolute Gasteiger partial charge is 0.335 e. The lowest BCUT2D eigenvalue weighted by Gasteiger charge is -2.07. The largest absolute Gasteiger partial charge is 0.478 e. The van der Waals surface area contributed by atoms with Crippen LogP contribution in [0.15, 0.2) is 18.2 Å². The molecule has 0 bridgehead atoms. The van der Waals surface area contributed by atoms with Crippen LogP contribution in [-0.4, -0.2) is 33.2 Å². The Morgan fingerprint density at radius 2 is 2.10 bits per heavy atom. The lowest BCUT2D eigenvalue weighted by atomic mass is 10.2. The molecule has 0 fully saturated rings. The number of rotatable bonds is 5. The fourth-order valence-electron chi connectivity index (χ4n) is 2.09. The second-order valence-corrected chi connectivity index (χ2v) is 4.28. The van der Waals surface area contributed by atoms with Crippen LogP contribution in [0, 0.1) is 0 Å². The summed E-state index contributed by atoms with van der Waals surface area (Å²) in [5.41, 5.74) is 1.48. The number of aromatic carboxylic acids is 1. The number of hydrogen-bond acceptors (Lipinski definition) is 4. The number of benzene rings is 1. The van der Waals surface area contributed by atoms with Gasteiger partial charge in [0.1, 0.15) is 12.4 Å². The molecule has 20 heavy (non-hydrogen) atoms. The first-order valence-electron chi connectivity index (χ1n) is 6.44. The van der Waals surface area contributed by atoms with Crippen molar-refractivity contribution >= 4 is 23.0 Å². The Hall–Kier alpha value is -2.37. The lowest BCUT2D eigenvalue weighted by molar-refractivity contribution is -0.143. The monoisotopic (exact) mass is 276 g/mol. The van der Waals surface area contributed by atoms with Gasteiger partial charge in [0.2, 0.25) is 0 Å². The zero-order valence-electron chi connectivity index (χ0n) is 11.4. The summed E-state index contributed by atoms with van der Waals surface area (Å²) < 4.78 is 6.65. The minimum atomic E-state index is -1.01. The zero-order valence-corrected chi connectivity index (χ0v) is 11.4. The SMILES string of the molecule is CCOC(=O)Cn1c(CC)nc2ccc(C(=O)O)cc21. The van der Waals surface area contributed by atoms with Gasteiger partial charge < -0.3 is 14.4 Å². The van der Waals surface area contributed by atoms with Gasteiger partial charge in [-0.05, 0) is 25.1 Å². The number of fused-ring (bicyclic) bond motifs is 1. The first-order chi connectivity index (χ1) is 9.56. The molecule has 0 radical (unpaired) electrons. The Bertz CT molecular complexity index is 660. The number of carboxylic acid groups (broad SMARTS) is 1. The molecule has 1 aromatic carbocycles. The minimum Gasteiger partial charge on any atom is -0.478 e. The third kappa shape index (κ3) is 2.64. The molecule has 0 unspecified atom stereocenters. The molecule has 0 amide bonds. The molecular weight excluding hydrogens is 260 g/mol. The van der Waals surface area contributed by atoms with Gasteiger partial charge in [-0.25, -0.2) is 9.78 Å². The van der Waals surface area contributed by atoms with E-state index < -0.39 is 5.97 Å². The molecule has 0 atom stereocenters. The predicted molar refractivity (Wildman–Crippen MR) is 72.7 cm³/mol. The van der Waals surface area contributed by atoms with E-state index in [1.807, 2.05) is 6.92 Å². The van der Waals surface area contributed by atoms with E-state index in [1.165, 1.54) is 12.1 Å². The van der Waals surface area contributed by atoms with E-state index in [0.29, 0.717) is 24.1 Å². The highest BCUT2D eigenvalue weighted by molar-refractivity contribution is 5.92. The number of carbonyl (C=O) groups is 2. The Morgan fingerprint density at radius 3 is 2.70 bits per heavy atom. The molecule has 0 saturated carbocycles. The van der Waals surface area contributed by atoms with Crippen molar-refractivity contribution in [1.82, 2.24) is 9.55 Å². The third-order valence-electron chi connectivity index (χ3n) is 2.98. The topological polar surface area (TPSA) is 81.4 Å². The van der Waals surface area contributed by atoms with Crippen LogP contribution in [0.2, 0.25) is 0 Å². The molecule has 0 saturated heterocycles. The molecule has 0 spiro atoms. The number of aromatic nitrogens is 2. The normalized spacial score (nSPS) is 10.7. The van der Waals surface area contributed by atoms with Crippen LogP contribution in [-0.2, 0) is 22.5 Å². The van der Waals surface area contributed by atoms with E-state index in [2.05, 4.69) is 4.98 Å². The van der Waals surface area contributed by atoms with Gasteiger partial charge in [0.05, 0.1) is 23.2 Å². The van der Waals surface area contributed by atoms with Crippen LogP contribution in [0.4, 0.5) is 0 Å². The van der Waals surface area contributed by atoms with Crippen molar-refractivity contribution in [2.45, 2.75) is 26.8 Å². The highest BCUT2D eigenvalue weighted by Gasteiger charge is 2.15. The van der Waals surface area contributed by atoms with Crippen molar-refractivity contribution < 1.29 is 19.4 Å². The standard InChI is InChI=1S/C14H16N2O4/c1-3-12-15-10-6-5-9(14(18)19)7-11(10)16(12)8-13(17)20-4-2/h5-7H,3-4,8H2,1-2H3,(H,18,19). The molecular formula is C14H16N2O4. The van der Waals surface area contributed by atoms with Crippen LogP contribution >= 0.6 is 0 Å². The van der Waals surface area contributed by atoms with E-state index in [1.54, 1.807) is 17.6 Å². The maximum absolute atomic E-state index is 11.7. The number of carboxylic acids is 1. The highest BCUT2D eigenvalue weighted by atomic mass is 16.5.